The molecule has 0 saturated heterocycles. The van der Waals surface area contributed by atoms with Gasteiger partial charge in [0, 0.05) is 11.8 Å². The minimum Gasteiger partial charge on any atom is -0.455 e. The Morgan fingerprint density at radius 2 is 1.79 bits per heavy atom. The molecule has 0 aliphatic heterocycles. The van der Waals surface area contributed by atoms with Gasteiger partial charge in [-0.2, -0.15) is 0 Å². The third-order valence-corrected chi connectivity index (χ3v) is 5.31. The molecule has 0 aromatic heterocycles. The highest BCUT2D eigenvalue weighted by Crippen LogP contribution is 2.21. The van der Waals surface area contributed by atoms with E-state index in [0.29, 0.717) is 17.0 Å². The normalized spacial score (nSPS) is 12.9. The standard InChI is InChI=1S/C22H24N2O4S/c1-15-6-8-16(9-7-15)13-29-14-21(26)28-12-20(25)24-19-5-3-2-4-18(19)22(27)23-17-10-11-17/h2-9,17H,10-14H2,1H3,(H,23,27)(H,24,25). The summed E-state index contributed by atoms with van der Waals surface area (Å²) in [5, 5.41) is 5.54. The maximum absolute atomic E-state index is 12.3. The van der Waals surface area contributed by atoms with E-state index in [1.54, 1.807) is 24.3 Å². The monoisotopic (exact) mass is 412 g/mol. The van der Waals surface area contributed by atoms with Crippen LogP contribution in [0.2, 0.25) is 0 Å². The van der Waals surface area contributed by atoms with Gasteiger partial charge in [-0.1, -0.05) is 42.0 Å². The van der Waals surface area contributed by atoms with Gasteiger partial charge >= 0.3 is 5.97 Å². The topological polar surface area (TPSA) is 84.5 Å². The minimum atomic E-state index is -0.478. The third-order valence-electron chi connectivity index (χ3n) is 4.33. The predicted octanol–water partition coefficient (Wildman–Crippen LogP) is 3.30. The molecular weight excluding hydrogens is 388 g/mol. The first-order valence-electron chi connectivity index (χ1n) is 9.50. The summed E-state index contributed by atoms with van der Waals surface area (Å²) >= 11 is 1.43. The number of nitrogens with one attached hydrogen (secondary N) is 2. The van der Waals surface area contributed by atoms with Crippen molar-refractivity contribution in [2.75, 3.05) is 17.7 Å². The lowest BCUT2D eigenvalue weighted by molar-refractivity contribution is -0.144. The van der Waals surface area contributed by atoms with E-state index in [1.165, 1.54) is 17.3 Å². The van der Waals surface area contributed by atoms with Crippen molar-refractivity contribution in [3.05, 3.63) is 65.2 Å². The molecule has 1 saturated carbocycles. The van der Waals surface area contributed by atoms with Gasteiger partial charge in [0.05, 0.1) is 17.0 Å². The molecule has 152 valence electrons. The van der Waals surface area contributed by atoms with Gasteiger partial charge in [-0.15, -0.1) is 11.8 Å². The number of carbonyl (C=O) groups excluding carboxylic acids is 3. The number of anilines is 1. The first-order valence-corrected chi connectivity index (χ1v) is 10.7. The summed E-state index contributed by atoms with van der Waals surface area (Å²) in [6.07, 6.45) is 1.97. The highest BCUT2D eigenvalue weighted by Gasteiger charge is 2.25. The molecular formula is C22H24N2O4S. The fourth-order valence-electron chi connectivity index (χ4n) is 2.59. The maximum Gasteiger partial charge on any atom is 0.316 e. The lowest BCUT2D eigenvalue weighted by Gasteiger charge is -2.11. The van der Waals surface area contributed by atoms with E-state index in [-0.39, 0.29) is 24.3 Å². The molecule has 0 radical (unpaired) electrons. The number of para-hydroxylation sites is 1. The molecule has 3 rings (SSSR count). The zero-order valence-electron chi connectivity index (χ0n) is 16.3. The van der Waals surface area contributed by atoms with Crippen molar-refractivity contribution in [3.8, 4) is 0 Å². The van der Waals surface area contributed by atoms with Gasteiger partial charge < -0.3 is 15.4 Å². The number of rotatable bonds is 9. The van der Waals surface area contributed by atoms with Crippen molar-refractivity contribution < 1.29 is 19.1 Å². The van der Waals surface area contributed by atoms with Crippen LogP contribution >= 0.6 is 11.8 Å². The first-order chi connectivity index (χ1) is 14.0. The van der Waals surface area contributed by atoms with Crippen LogP contribution in [0.25, 0.3) is 0 Å². The lowest BCUT2D eigenvalue weighted by atomic mass is 10.1. The Bertz CT molecular complexity index is 879. The van der Waals surface area contributed by atoms with Crippen LogP contribution in [0.5, 0.6) is 0 Å². The van der Waals surface area contributed by atoms with E-state index in [4.69, 9.17) is 4.74 Å². The summed E-state index contributed by atoms with van der Waals surface area (Å²) in [7, 11) is 0. The third kappa shape index (κ3) is 6.94. The molecule has 0 spiro atoms. The van der Waals surface area contributed by atoms with E-state index in [2.05, 4.69) is 10.6 Å². The second-order valence-corrected chi connectivity index (χ2v) is 7.97. The second kappa shape index (κ2) is 10.1. The number of hydrogen-bond acceptors (Lipinski definition) is 5. The Hall–Kier alpha value is -2.80. The van der Waals surface area contributed by atoms with Crippen LogP contribution < -0.4 is 10.6 Å². The lowest BCUT2D eigenvalue weighted by Crippen LogP contribution is -2.28. The number of aryl methyl sites for hydroxylation is 1. The Balaban J connectivity index is 1.40. The molecule has 0 heterocycles. The molecule has 0 unspecified atom stereocenters. The van der Waals surface area contributed by atoms with Crippen molar-refractivity contribution in [1.29, 1.82) is 0 Å². The molecule has 1 aliphatic rings. The predicted molar refractivity (Wildman–Crippen MR) is 114 cm³/mol. The van der Waals surface area contributed by atoms with Crippen LogP contribution in [0.4, 0.5) is 5.69 Å². The molecule has 0 bridgehead atoms. The van der Waals surface area contributed by atoms with Gasteiger partial charge in [0.25, 0.3) is 11.8 Å². The van der Waals surface area contributed by atoms with Gasteiger partial charge in [-0.3, -0.25) is 14.4 Å². The number of hydrogen-bond donors (Lipinski definition) is 2. The van der Waals surface area contributed by atoms with Crippen LogP contribution in [-0.2, 0) is 20.1 Å². The maximum atomic E-state index is 12.3. The van der Waals surface area contributed by atoms with E-state index in [9.17, 15) is 14.4 Å². The van der Waals surface area contributed by atoms with E-state index < -0.39 is 11.9 Å². The van der Waals surface area contributed by atoms with Crippen LogP contribution in [0.15, 0.2) is 48.5 Å². The Labute approximate surface area is 174 Å². The molecule has 7 heteroatoms. The molecule has 2 N–H and O–H groups in total. The Morgan fingerprint density at radius 1 is 1.07 bits per heavy atom. The van der Waals surface area contributed by atoms with Crippen molar-refractivity contribution in [2.24, 2.45) is 0 Å². The zero-order valence-corrected chi connectivity index (χ0v) is 17.1. The molecule has 29 heavy (non-hydrogen) atoms. The smallest absolute Gasteiger partial charge is 0.316 e. The van der Waals surface area contributed by atoms with Crippen molar-refractivity contribution in [3.63, 3.8) is 0 Å². The molecule has 2 amide bonds. The highest BCUT2D eigenvalue weighted by atomic mass is 32.2. The fourth-order valence-corrected chi connectivity index (χ4v) is 3.37. The van der Waals surface area contributed by atoms with Crippen molar-refractivity contribution >= 4 is 35.2 Å². The van der Waals surface area contributed by atoms with Crippen LogP contribution in [0.1, 0.15) is 34.3 Å². The first kappa shape index (κ1) is 20.9. The number of amides is 2. The highest BCUT2D eigenvalue weighted by molar-refractivity contribution is 7.99. The van der Waals surface area contributed by atoms with Gasteiger partial charge in [0.1, 0.15) is 0 Å². The summed E-state index contributed by atoms with van der Waals surface area (Å²) in [5.74, 6) is -0.273. The fraction of sp³-hybridized carbons (Fsp3) is 0.318. The molecule has 2 aromatic carbocycles. The average Bonchev–Trinajstić information content (AvgIpc) is 3.52. The molecule has 1 aliphatic carbocycles. The molecule has 0 atom stereocenters. The van der Waals surface area contributed by atoms with E-state index >= 15 is 0 Å². The van der Waals surface area contributed by atoms with E-state index in [0.717, 1.165) is 18.4 Å². The summed E-state index contributed by atoms with van der Waals surface area (Å²) in [6, 6.07) is 15.1. The molecule has 6 nitrogen and oxygen atoms in total. The van der Waals surface area contributed by atoms with Gasteiger partial charge in [0.15, 0.2) is 6.61 Å². The summed E-state index contributed by atoms with van der Waals surface area (Å²) in [4.78, 5) is 36.3. The SMILES string of the molecule is Cc1ccc(CSCC(=O)OCC(=O)Nc2ccccc2C(=O)NC2CC2)cc1. The number of carbonyl (C=O) groups is 3. The average molecular weight is 413 g/mol. The van der Waals surface area contributed by atoms with Crippen LogP contribution in [0.3, 0.4) is 0 Å². The van der Waals surface area contributed by atoms with Crippen molar-refractivity contribution in [2.45, 2.75) is 31.6 Å². The summed E-state index contributed by atoms with van der Waals surface area (Å²) < 4.78 is 5.04. The Kier molecular flexibility index (Phi) is 7.30. The minimum absolute atomic E-state index is 0.168. The summed E-state index contributed by atoms with van der Waals surface area (Å²) in [6.45, 7) is 1.64. The van der Waals surface area contributed by atoms with Gasteiger partial charge in [-0.25, -0.2) is 0 Å². The molecule has 2 aromatic rings. The zero-order chi connectivity index (χ0) is 20.6. The second-order valence-electron chi connectivity index (χ2n) is 6.98. The van der Waals surface area contributed by atoms with Gasteiger partial charge in [0.2, 0.25) is 0 Å². The van der Waals surface area contributed by atoms with Crippen molar-refractivity contribution in [1.82, 2.24) is 5.32 Å². The van der Waals surface area contributed by atoms with Crippen LogP contribution in [-0.4, -0.2) is 36.2 Å². The number of benzene rings is 2. The summed E-state index contributed by atoms with van der Waals surface area (Å²) in [5.41, 5.74) is 3.12. The Morgan fingerprint density at radius 3 is 2.52 bits per heavy atom. The van der Waals surface area contributed by atoms with Gasteiger partial charge in [-0.05, 0) is 37.5 Å². The number of thioether (sulfide) groups is 1. The number of esters is 1. The molecule has 1 fully saturated rings. The van der Waals surface area contributed by atoms with Crippen LogP contribution in [0, 0.1) is 6.92 Å². The quantitative estimate of drug-likeness (QED) is 0.618. The number of ether oxygens (including phenoxy) is 1. The largest absolute Gasteiger partial charge is 0.455 e. The van der Waals surface area contributed by atoms with E-state index in [1.807, 2.05) is 31.2 Å².